The van der Waals surface area contributed by atoms with Crippen LogP contribution in [0, 0.1) is 11.8 Å². The number of likely N-dealkylation sites (tertiary alicyclic amines) is 1. The first-order valence-electron chi connectivity index (χ1n) is 8.60. The summed E-state index contributed by atoms with van der Waals surface area (Å²) in [7, 11) is 2.30. The summed E-state index contributed by atoms with van der Waals surface area (Å²) in [4.78, 5) is 2.56. The highest BCUT2D eigenvalue weighted by molar-refractivity contribution is 4.81. The Kier molecular flexibility index (Phi) is 6.15. The Balaban J connectivity index is 1.71. The average Bonchev–Trinajstić information content (AvgIpc) is 2.63. The Morgan fingerprint density at radius 1 is 1.00 bits per heavy atom. The zero-order valence-corrected chi connectivity index (χ0v) is 13.3. The summed E-state index contributed by atoms with van der Waals surface area (Å²) in [5, 5.41) is 3.88. The Bertz CT molecular complexity index is 252. The quantitative estimate of drug-likeness (QED) is 0.781. The predicted molar refractivity (Wildman–Crippen MR) is 83.5 cm³/mol. The Labute approximate surface area is 120 Å². The molecule has 3 unspecified atom stereocenters. The first-order valence-corrected chi connectivity index (χ1v) is 8.60. The summed E-state index contributed by atoms with van der Waals surface area (Å²) in [5.74, 6) is 1.85. The van der Waals surface area contributed by atoms with Crippen LogP contribution in [-0.4, -0.2) is 37.1 Å². The van der Waals surface area contributed by atoms with Crippen molar-refractivity contribution in [1.82, 2.24) is 10.2 Å². The molecule has 112 valence electrons. The van der Waals surface area contributed by atoms with E-state index in [1.807, 2.05) is 0 Å². The molecule has 0 bridgehead atoms. The lowest BCUT2D eigenvalue weighted by Crippen LogP contribution is -2.45. The molecule has 1 saturated carbocycles. The first kappa shape index (κ1) is 15.3. The van der Waals surface area contributed by atoms with Crippen molar-refractivity contribution in [2.45, 2.75) is 77.3 Å². The van der Waals surface area contributed by atoms with E-state index in [9.17, 15) is 0 Å². The minimum atomic E-state index is 0.790. The van der Waals surface area contributed by atoms with Crippen LogP contribution in [0.2, 0.25) is 0 Å². The van der Waals surface area contributed by atoms with E-state index in [2.05, 4.69) is 31.1 Å². The van der Waals surface area contributed by atoms with Crippen molar-refractivity contribution in [3.8, 4) is 0 Å². The number of nitrogens with zero attached hydrogens (tertiary/aromatic N) is 1. The standard InChI is InChI=1S/C17H34N2/c1-14(2)15-7-6-8-16(11-10-15)18-13-17-9-4-5-12-19(17)3/h14-18H,4-13H2,1-3H3. The van der Waals surface area contributed by atoms with Crippen molar-refractivity contribution in [3.63, 3.8) is 0 Å². The van der Waals surface area contributed by atoms with Gasteiger partial charge in [0.05, 0.1) is 0 Å². The highest BCUT2D eigenvalue weighted by Crippen LogP contribution is 2.28. The number of nitrogens with one attached hydrogen (secondary N) is 1. The van der Waals surface area contributed by atoms with E-state index in [1.165, 1.54) is 64.5 Å². The lowest BCUT2D eigenvalue weighted by Gasteiger charge is -2.33. The van der Waals surface area contributed by atoms with Crippen LogP contribution in [0.4, 0.5) is 0 Å². The predicted octanol–water partition coefficient (Wildman–Crippen LogP) is 3.67. The van der Waals surface area contributed by atoms with Gasteiger partial charge in [-0.25, -0.2) is 0 Å². The van der Waals surface area contributed by atoms with Crippen LogP contribution >= 0.6 is 0 Å². The van der Waals surface area contributed by atoms with E-state index in [4.69, 9.17) is 0 Å². The summed E-state index contributed by atoms with van der Waals surface area (Å²) in [5.41, 5.74) is 0. The van der Waals surface area contributed by atoms with Gasteiger partial charge in [0.25, 0.3) is 0 Å². The van der Waals surface area contributed by atoms with E-state index in [0.29, 0.717) is 0 Å². The largest absolute Gasteiger partial charge is 0.312 e. The molecule has 2 rings (SSSR count). The zero-order valence-electron chi connectivity index (χ0n) is 13.3. The fourth-order valence-electron chi connectivity index (χ4n) is 3.91. The van der Waals surface area contributed by atoms with Gasteiger partial charge >= 0.3 is 0 Å². The Hall–Kier alpha value is -0.0800. The molecule has 0 aromatic rings. The maximum absolute atomic E-state index is 3.88. The molecule has 1 heterocycles. The molecule has 0 aromatic heterocycles. The maximum Gasteiger partial charge on any atom is 0.0217 e. The van der Waals surface area contributed by atoms with Crippen LogP contribution in [0.5, 0.6) is 0 Å². The molecular weight excluding hydrogens is 232 g/mol. The van der Waals surface area contributed by atoms with Crippen molar-refractivity contribution in [1.29, 1.82) is 0 Å². The fraction of sp³-hybridized carbons (Fsp3) is 1.00. The zero-order chi connectivity index (χ0) is 13.7. The lowest BCUT2D eigenvalue weighted by molar-refractivity contribution is 0.176. The highest BCUT2D eigenvalue weighted by Gasteiger charge is 2.23. The van der Waals surface area contributed by atoms with Crippen molar-refractivity contribution >= 4 is 0 Å². The summed E-state index contributed by atoms with van der Waals surface area (Å²) in [6.07, 6.45) is 11.4. The lowest BCUT2D eigenvalue weighted by atomic mass is 9.89. The summed E-state index contributed by atoms with van der Waals surface area (Å²) >= 11 is 0. The van der Waals surface area contributed by atoms with Crippen molar-refractivity contribution in [3.05, 3.63) is 0 Å². The molecular formula is C17H34N2. The van der Waals surface area contributed by atoms with Gasteiger partial charge in [-0.3, -0.25) is 0 Å². The third-order valence-corrected chi connectivity index (χ3v) is 5.52. The van der Waals surface area contributed by atoms with Gasteiger partial charge in [-0.05, 0) is 57.5 Å². The third-order valence-electron chi connectivity index (χ3n) is 5.52. The maximum atomic E-state index is 3.88. The van der Waals surface area contributed by atoms with Crippen LogP contribution in [0.25, 0.3) is 0 Å². The van der Waals surface area contributed by atoms with E-state index < -0.39 is 0 Å². The molecule has 2 fully saturated rings. The molecule has 1 N–H and O–H groups in total. The summed E-state index contributed by atoms with van der Waals surface area (Å²) < 4.78 is 0. The SMILES string of the molecule is CC(C)C1CCCC(NCC2CCCCN2C)CC1. The van der Waals surface area contributed by atoms with E-state index in [1.54, 1.807) is 0 Å². The minimum Gasteiger partial charge on any atom is -0.312 e. The minimum absolute atomic E-state index is 0.790. The molecule has 2 heteroatoms. The van der Waals surface area contributed by atoms with Crippen LogP contribution < -0.4 is 5.32 Å². The number of piperidine rings is 1. The van der Waals surface area contributed by atoms with E-state index in [-0.39, 0.29) is 0 Å². The first-order chi connectivity index (χ1) is 9.16. The second-order valence-corrected chi connectivity index (χ2v) is 7.25. The number of hydrogen-bond acceptors (Lipinski definition) is 2. The van der Waals surface area contributed by atoms with Crippen molar-refractivity contribution in [2.24, 2.45) is 11.8 Å². The second kappa shape index (κ2) is 7.64. The molecule has 2 nitrogen and oxygen atoms in total. The van der Waals surface area contributed by atoms with Crippen LogP contribution in [0.3, 0.4) is 0 Å². The van der Waals surface area contributed by atoms with Gasteiger partial charge in [0.2, 0.25) is 0 Å². The molecule has 19 heavy (non-hydrogen) atoms. The molecule has 0 aromatic carbocycles. The molecule has 0 amide bonds. The van der Waals surface area contributed by atoms with Gasteiger partial charge in [-0.15, -0.1) is 0 Å². The average molecular weight is 266 g/mol. The molecule has 3 atom stereocenters. The third kappa shape index (κ3) is 4.75. The van der Waals surface area contributed by atoms with Crippen LogP contribution in [0.1, 0.15) is 65.2 Å². The molecule has 0 radical (unpaired) electrons. The molecule has 1 saturated heterocycles. The monoisotopic (exact) mass is 266 g/mol. The normalized spacial score (nSPS) is 34.4. The smallest absolute Gasteiger partial charge is 0.0217 e. The number of likely N-dealkylation sites (N-methyl/N-ethyl adjacent to an activating group) is 1. The summed E-state index contributed by atoms with van der Waals surface area (Å²) in [6, 6.07) is 1.58. The van der Waals surface area contributed by atoms with Gasteiger partial charge in [-0.2, -0.15) is 0 Å². The van der Waals surface area contributed by atoms with E-state index in [0.717, 1.165) is 23.9 Å². The van der Waals surface area contributed by atoms with Gasteiger partial charge < -0.3 is 10.2 Å². The Morgan fingerprint density at radius 2 is 1.84 bits per heavy atom. The van der Waals surface area contributed by atoms with Gasteiger partial charge in [0.1, 0.15) is 0 Å². The fourth-order valence-corrected chi connectivity index (χ4v) is 3.91. The summed E-state index contributed by atoms with van der Waals surface area (Å²) in [6.45, 7) is 7.31. The van der Waals surface area contributed by atoms with Crippen molar-refractivity contribution < 1.29 is 0 Å². The number of rotatable bonds is 4. The Morgan fingerprint density at radius 3 is 2.58 bits per heavy atom. The molecule has 2 aliphatic rings. The van der Waals surface area contributed by atoms with Gasteiger partial charge in [-0.1, -0.05) is 33.1 Å². The second-order valence-electron chi connectivity index (χ2n) is 7.25. The van der Waals surface area contributed by atoms with Gasteiger partial charge in [0, 0.05) is 18.6 Å². The highest BCUT2D eigenvalue weighted by atomic mass is 15.2. The van der Waals surface area contributed by atoms with E-state index >= 15 is 0 Å². The molecule has 1 aliphatic heterocycles. The van der Waals surface area contributed by atoms with Crippen molar-refractivity contribution in [2.75, 3.05) is 20.1 Å². The van der Waals surface area contributed by atoms with Crippen LogP contribution in [0.15, 0.2) is 0 Å². The van der Waals surface area contributed by atoms with Crippen LogP contribution in [-0.2, 0) is 0 Å². The molecule has 0 spiro atoms. The molecule has 1 aliphatic carbocycles. The number of hydrogen-bond donors (Lipinski definition) is 1. The van der Waals surface area contributed by atoms with Gasteiger partial charge in [0.15, 0.2) is 0 Å². The topological polar surface area (TPSA) is 15.3 Å².